The molecular formula is C22H37INO5P. The average molecular weight is 553 g/mol. The van der Waals surface area contributed by atoms with E-state index in [0.29, 0.717) is 25.7 Å². The van der Waals surface area contributed by atoms with Crippen LogP contribution in [0.4, 0.5) is 0 Å². The van der Waals surface area contributed by atoms with Crippen molar-refractivity contribution < 1.29 is 22.0 Å². The molecule has 8 heteroatoms. The molecule has 1 aromatic carbocycles. The molecule has 0 spiro atoms. The molecule has 1 aromatic heterocycles. The van der Waals surface area contributed by atoms with Crippen LogP contribution < -0.4 is 0 Å². The van der Waals surface area contributed by atoms with Gasteiger partial charge in [0.25, 0.3) is 0 Å². The van der Waals surface area contributed by atoms with Crippen LogP contribution in [-0.4, -0.2) is 42.4 Å². The Morgan fingerprint density at radius 1 is 1.27 bits per heavy atom. The summed E-state index contributed by atoms with van der Waals surface area (Å²) in [5, 5.41) is 10.5. The summed E-state index contributed by atoms with van der Waals surface area (Å²) in [5.41, 5.74) is 1.09. The van der Waals surface area contributed by atoms with Crippen molar-refractivity contribution in [3.05, 3.63) is 30.5 Å². The van der Waals surface area contributed by atoms with Gasteiger partial charge in [-0.25, -0.2) is 0 Å². The van der Waals surface area contributed by atoms with Crippen molar-refractivity contribution in [2.75, 3.05) is 26.7 Å². The molecule has 0 bridgehead atoms. The van der Waals surface area contributed by atoms with Crippen LogP contribution >= 0.6 is 31.4 Å². The van der Waals surface area contributed by atoms with Gasteiger partial charge in [-0.1, -0.05) is 27.2 Å². The lowest BCUT2D eigenvalue weighted by atomic mass is 9.89. The predicted molar refractivity (Wildman–Crippen MR) is 133 cm³/mol. The third-order valence-electron chi connectivity index (χ3n) is 5.00. The number of hydrogen-bond acceptors (Lipinski definition) is 5. The van der Waals surface area contributed by atoms with Crippen LogP contribution in [0, 0.1) is 5.92 Å². The highest BCUT2D eigenvalue weighted by Crippen LogP contribution is 2.40. The molecule has 1 saturated carbocycles. The van der Waals surface area contributed by atoms with Crippen molar-refractivity contribution in [1.82, 2.24) is 4.57 Å². The topological polar surface area (TPSA) is 62.1 Å². The fraction of sp³-hybridized carbons (Fsp3) is 0.636. The van der Waals surface area contributed by atoms with E-state index in [0.717, 1.165) is 23.4 Å². The number of aromatic hydroxyl groups is 1. The van der Waals surface area contributed by atoms with Crippen molar-refractivity contribution in [2.24, 2.45) is 5.92 Å². The molecule has 1 N–H and O–H groups in total. The number of nitrogens with zero attached hydrogens (tertiary/aromatic N) is 1. The third-order valence-corrected chi connectivity index (χ3v) is 7.41. The van der Waals surface area contributed by atoms with E-state index >= 15 is 0 Å². The number of halogens is 1. The largest absolute Gasteiger partial charge is 0.508 e. The van der Waals surface area contributed by atoms with Crippen LogP contribution in [0.2, 0.25) is 0 Å². The molecule has 6 nitrogen and oxygen atoms in total. The summed E-state index contributed by atoms with van der Waals surface area (Å²) < 4.78 is 23.5. The lowest BCUT2D eigenvalue weighted by Crippen LogP contribution is -2.19. The van der Waals surface area contributed by atoms with Crippen LogP contribution in [0.25, 0.3) is 10.9 Å². The molecule has 1 aliphatic rings. The third kappa shape index (κ3) is 9.37. The monoisotopic (exact) mass is 553 g/mol. The molecule has 0 saturated heterocycles. The van der Waals surface area contributed by atoms with Crippen LogP contribution in [-0.2, 0) is 23.4 Å². The van der Waals surface area contributed by atoms with Gasteiger partial charge in [-0.05, 0) is 49.9 Å². The number of phenolic OH excluding ortho intramolecular Hbond substituents is 1. The molecule has 1 aliphatic carbocycles. The standard InChI is InChI=1S/C13H17INO4P.C8H16O.CH4/c1-2-18-20(19-14)10-17-8-7-15-6-5-11-9-12(16)3-4-13(11)15;1-7-4-3-5-8(6-7)9-2;/h3-6,9,16H,2,7-8,10H2,1H3;7-8H,3-6H2,1-2H3;1H4. The fourth-order valence-electron chi connectivity index (χ4n) is 3.50. The van der Waals surface area contributed by atoms with Crippen molar-refractivity contribution in [2.45, 2.75) is 59.6 Å². The zero-order valence-electron chi connectivity index (χ0n) is 17.6. The summed E-state index contributed by atoms with van der Waals surface area (Å²) in [4.78, 5) is 0. The lowest BCUT2D eigenvalue weighted by molar-refractivity contribution is 0.0542. The van der Waals surface area contributed by atoms with Gasteiger partial charge < -0.3 is 23.7 Å². The molecule has 2 aromatic rings. The molecule has 0 aliphatic heterocycles. The van der Waals surface area contributed by atoms with E-state index in [1.165, 1.54) is 25.7 Å². The number of phenols is 1. The molecule has 3 rings (SSSR count). The molecule has 1 fully saturated rings. The van der Waals surface area contributed by atoms with E-state index in [-0.39, 0.29) is 13.2 Å². The molecule has 0 amide bonds. The molecule has 0 radical (unpaired) electrons. The minimum Gasteiger partial charge on any atom is -0.508 e. The highest BCUT2D eigenvalue weighted by molar-refractivity contribution is 14.1. The zero-order valence-corrected chi connectivity index (χ0v) is 20.6. The van der Waals surface area contributed by atoms with Crippen LogP contribution in [0.15, 0.2) is 30.5 Å². The van der Waals surface area contributed by atoms with Crippen molar-refractivity contribution >= 4 is 42.3 Å². The second-order valence-electron chi connectivity index (χ2n) is 7.24. The maximum atomic E-state index is 9.43. The Hall–Kier alpha value is -0.440. The number of aromatic nitrogens is 1. The highest BCUT2D eigenvalue weighted by atomic mass is 127. The lowest BCUT2D eigenvalue weighted by Gasteiger charge is -2.25. The van der Waals surface area contributed by atoms with Crippen molar-refractivity contribution in [3.63, 3.8) is 0 Å². The van der Waals surface area contributed by atoms with Gasteiger partial charge >= 0.3 is 0 Å². The van der Waals surface area contributed by atoms with E-state index in [1.807, 2.05) is 55.4 Å². The predicted octanol–water partition coefficient (Wildman–Crippen LogP) is 6.88. The van der Waals surface area contributed by atoms with Crippen LogP contribution in [0.3, 0.4) is 0 Å². The smallest absolute Gasteiger partial charge is 0.208 e. The Morgan fingerprint density at radius 3 is 2.70 bits per heavy atom. The molecule has 3 unspecified atom stereocenters. The molecule has 1 heterocycles. The van der Waals surface area contributed by atoms with Gasteiger partial charge in [0, 0.05) is 30.8 Å². The maximum absolute atomic E-state index is 9.43. The van der Waals surface area contributed by atoms with Gasteiger partial charge in [0.2, 0.25) is 8.38 Å². The number of methoxy groups -OCH3 is 1. The first-order valence-corrected chi connectivity index (χ1v) is 12.4. The van der Waals surface area contributed by atoms with Gasteiger partial charge in [-0.15, -0.1) is 0 Å². The molecule has 3 atom stereocenters. The van der Waals surface area contributed by atoms with E-state index in [2.05, 4.69) is 11.5 Å². The van der Waals surface area contributed by atoms with E-state index in [4.69, 9.17) is 16.9 Å². The van der Waals surface area contributed by atoms with Gasteiger partial charge in [0.1, 0.15) is 35.1 Å². The van der Waals surface area contributed by atoms with E-state index < -0.39 is 8.38 Å². The first-order valence-electron chi connectivity index (χ1n) is 10.1. The summed E-state index contributed by atoms with van der Waals surface area (Å²) in [6.07, 6.45) is 8.35. The number of fused-ring (bicyclic) bond motifs is 1. The second-order valence-corrected chi connectivity index (χ2v) is 9.74. The summed E-state index contributed by atoms with van der Waals surface area (Å²) in [5.74, 6) is 1.18. The van der Waals surface area contributed by atoms with E-state index in [9.17, 15) is 5.11 Å². The van der Waals surface area contributed by atoms with Gasteiger partial charge in [0.15, 0.2) is 0 Å². The molecule has 30 heavy (non-hydrogen) atoms. The fourth-order valence-corrected chi connectivity index (χ4v) is 4.90. The minimum absolute atomic E-state index is 0. The van der Waals surface area contributed by atoms with Crippen LogP contribution in [0.1, 0.15) is 47.0 Å². The van der Waals surface area contributed by atoms with Crippen molar-refractivity contribution in [1.29, 1.82) is 0 Å². The number of hydrogen-bond donors (Lipinski definition) is 1. The highest BCUT2D eigenvalue weighted by Gasteiger charge is 2.17. The Labute approximate surface area is 196 Å². The zero-order chi connectivity index (χ0) is 21.1. The number of benzene rings is 1. The van der Waals surface area contributed by atoms with Gasteiger partial charge in [0.05, 0.1) is 19.3 Å². The molecule has 172 valence electrons. The average Bonchev–Trinajstić information content (AvgIpc) is 3.12. The first kappa shape index (κ1) is 27.6. The normalized spacial score (nSPS) is 19.6. The second kappa shape index (κ2) is 15.4. The van der Waals surface area contributed by atoms with Gasteiger partial charge in [-0.2, -0.15) is 0 Å². The Balaban J connectivity index is 0.000000379. The summed E-state index contributed by atoms with van der Waals surface area (Å²) in [7, 11) is 0.878. The SMILES string of the molecule is C.CCOP(COCCn1ccc2cc(O)ccc21)OI.COC1CCCC(C)C1. The van der Waals surface area contributed by atoms with E-state index in [1.54, 1.807) is 12.1 Å². The number of ether oxygens (including phenoxy) is 2. The number of rotatable bonds is 9. The summed E-state index contributed by atoms with van der Waals surface area (Å²) in [6.45, 7) is 6.22. The molecular weight excluding hydrogens is 516 g/mol. The Morgan fingerprint density at radius 2 is 2.07 bits per heavy atom. The maximum Gasteiger partial charge on any atom is 0.208 e. The summed E-state index contributed by atoms with van der Waals surface area (Å²) >= 11 is 1.84. The summed E-state index contributed by atoms with van der Waals surface area (Å²) in [6, 6.07) is 7.34. The van der Waals surface area contributed by atoms with Crippen LogP contribution in [0.5, 0.6) is 5.75 Å². The van der Waals surface area contributed by atoms with Crippen molar-refractivity contribution in [3.8, 4) is 5.75 Å². The minimum atomic E-state index is -0.944. The van der Waals surface area contributed by atoms with Gasteiger partial charge in [-0.3, -0.25) is 2.85 Å². The Bertz CT molecular complexity index is 714. The Kier molecular flexibility index (Phi) is 14.1. The first-order chi connectivity index (χ1) is 14.1. The quantitative estimate of drug-likeness (QED) is 0.208.